The summed E-state index contributed by atoms with van der Waals surface area (Å²) in [7, 11) is 1.42. The van der Waals surface area contributed by atoms with Crippen LogP contribution in [0.5, 0.6) is 0 Å². The number of nitrogens with one attached hydrogen (secondary N) is 2. The summed E-state index contributed by atoms with van der Waals surface area (Å²) in [6.45, 7) is 8.65. The Morgan fingerprint density at radius 1 is 1.29 bits per heavy atom. The van der Waals surface area contributed by atoms with Crippen LogP contribution in [0.15, 0.2) is 17.4 Å². The number of aliphatic hydroxyl groups is 1. The molecule has 162 valence electrons. The van der Waals surface area contributed by atoms with Crippen molar-refractivity contribution in [3.05, 3.63) is 18.2 Å². The summed E-state index contributed by atoms with van der Waals surface area (Å²) in [6, 6.07) is 0.146. The van der Waals surface area contributed by atoms with Crippen molar-refractivity contribution < 1.29 is 18.3 Å². The van der Waals surface area contributed by atoms with E-state index in [1.165, 1.54) is 24.0 Å². The fourth-order valence-corrected chi connectivity index (χ4v) is 2.93. The topological polar surface area (TPSA) is 74.5 Å². The molecule has 0 fully saturated rings. The number of aryl methyl sites for hydroxylation is 1. The van der Waals surface area contributed by atoms with Gasteiger partial charge < -0.3 is 20.3 Å². The van der Waals surface area contributed by atoms with E-state index in [0.717, 1.165) is 19.3 Å². The smallest absolute Gasteiger partial charge is 0.374 e. The molecule has 6 nitrogen and oxygen atoms in total. The number of imidazole rings is 1. The van der Waals surface area contributed by atoms with E-state index in [9.17, 15) is 18.3 Å². The molecule has 1 aromatic rings. The van der Waals surface area contributed by atoms with E-state index in [4.69, 9.17) is 0 Å². The third-order valence-electron chi connectivity index (χ3n) is 4.55. The third-order valence-corrected chi connectivity index (χ3v) is 4.55. The highest BCUT2D eigenvalue weighted by Crippen LogP contribution is 2.40. The van der Waals surface area contributed by atoms with Gasteiger partial charge in [-0.05, 0) is 26.2 Å². The van der Waals surface area contributed by atoms with E-state index >= 15 is 0 Å². The fraction of sp³-hybridized carbons (Fsp3) is 0.789. The summed E-state index contributed by atoms with van der Waals surface area (Å²) < 4.78 is 41.8. The highest BCUT2D eigenvalue weighted by Gasteiger charge is 2.57. The molecule has 0 aromatic carbocycles. The second-order valence-electron chi connectivity index (χ2n) is 7.60. The number of hydrogen-bond donors (Lipinski definition) is 3. The van der Waals surface area contributed by atoms with Crippen molar-refractivity contribution in [2.75, 3.05) is 13.1 Å². The maximum absolute atomic E-state index is 13.6. The van der Waals surface area contributed by atoms with Crippen molar-refractivity contribution in [3.8, 4) is 0 Å². The molecule has 9 heteroatoms. The minimum absolute atomic E-state index is 0.146. The molecule has 0 aliphatic rings. The van der Waals surface area contributed by atoms with Crippen molar-refractivity contribution in [1.82, 2.24) is 20.2 Å². The fourth-order valence-electron chi connectivity index (χ4n) is 2.93. The van der Waals surface area contributed by atoms with Gasteiger partial charge in [0.2, 0.25) is 5.60 Å². The van der Waals surface area contributed by atoms with Crippen LogP contribution in [0.3, 0.4) is 0 Å². The summed E-state index contributed by atoms with van der Waals surface area (Å²) >= 11 is 0. The van der Waals surface area contributed by atoms with Gasteiger partial charge in [-0.15, -0.1) is 0 Å². The zero-order chi connectivity index (χ0) is 21.4. The van der Waals surface area contributed by atoms with Crippen LogP contribution in [-0.4, -0.2) is 45.9 Å². The number of alkyl halides is 3. The van der Waals surface area contributed by atoms with Crippen molar-refractivity contribution in [2.45, 2.75) is 71.2 Å². The highest BCUT2D eigenvalue weighted by molar-refractivity contribution is 5.80. The van der Waals surface area contributed by atoms with E-state index in [1.807, 2.05) is 13.8 Å². The van der Waals surface area contributed by atoms with Gasteiger partial charge in [-0.2, -0.15) is 13.2 Å². The number of halogens is 3. The number of hydrogen-bond acceptors (Lipinski definition) is 3. The summed E-state index contributed by atoms with van der Waals surface area (Å²) in [5, 5.41) is 16.6. The predicted octanol–water partition coefficient (Wildman–Crippen LogP) is 3.33. The molecular weight excluding hydrogens is 371 g/mol. The minimum atomic E-state index is -4.85. The summed E-state index contributed by atoms with van der Waals surface area (Å²) in [4.78, 5) is 7.93. The average Bonchev–Trinajstić information content (AvgIpc) is 3.00. The number of aliphatic imine (C=N–C) groups is 1. The van der Waals surface area contributed by atoms with Crippen molar-refractivity contribution in [1.29, 1.82) is 0 Å². The first-order valence-electron chi connectivity index (χ1n) is 9.83. The maximum atomic E-state index is 13.6. The second-order valence-corrected chi connectivity index (χ2v) is 7.60. The van der Waals surface area contributed by atoms with E-state index in [1.54, 1.807) is 0 Å². The first-order chi connectivity index (χ1) is 13.0. The van der Waals surface area contributed by atoms with E-state index < -0.39 is 24.0 Å². The van der Waals surface area contributed by atoms with Crippen LogP contribution >= 0.6 is 0 Å². The second kappa shape index (κ2) is 10.7. The summed E-state index contributed by atoms with van der Waals surface area (Å²) in [5.74, 6) is 0.652. The van der Waals surface area contributed by atoms with Crippen molar-refractivity contribution in [3.63, 3.8) is 0 Å². The molecule has 1 heterocycles. The van der Waals surface area contributed by atoms with Gasteiger partial charge in [-0.25, -0.2) is 4.98 Å². The molecule has 28 heavy (non-hydrogen) atoms. The molecule has 1 aromatic heterocycles. The lowest BCUT2D eigenvalue weighted by Crippen LogP contribution is -2.46. The Labute approximate surface area is 165 Å². The molecule has 0 bridgehead atoms. The zero-order valence-electron chi connectivity index (χ0n) is 17.5. The van der Waals surface area contributed by atoms with E-state index in [-0.39, 0.29) is 12.6 Å². The first kappa shape index (κ1) is 24.3. The van der Waals surface area contributed by atoms with Gasteiger partial charge in [0.1, 0.15) is 5.82 Å². The molecule has 0 aliphatic carbocycles. The highest BCUT2D eigenvalue weighted by atomic mass is 19.4. The summed E-state index contributed by atoms with van der Waals surface area (Å²) in [6.07, 6.45) is 0.291. The van der Waals surface area contributed by atoms with Crippen LogP contribution in [0.4, 0.5) is 13.2 Å². The number of nitrogens with zero attached hydrogens (tertiary/aromatic N) is 3. The lowest BCUT2D eigenvalue weighted by molar-refractivity contribution is -0.272. The van der Waals surface area contributed by atoms with Crippen LogP contribution in [0.2, 0.25) is 0 Å². The standard InChI is InChI=1S/C19H34F3N5O/c1-6-23-17(26-15(4)9-7-8-14(2)3)25-11-10-18(28,19(20,21)22)16-24-12-13-27(16)5/h12-15,28H,6-11H2,1-5H3,(H2,23,25,26). The average molecular weight is 406 g/mol. The largest absolute Gasteiger partial charge is 0.424 e. The van der Waals surface area contributed by atoms with E-state index in [0.29, 0.717) is 18.4 Å². The Balaban J connectivity index is 2.78. The van der Waals surface area contributed by atoms with Gasteiger partial charge in [0, 0.05) is 45.0 Å². The van der Waals surface area contributed by atoms with Crippen molar-refractivity contribution in [2.24, 2.45) is 18.0 Å². The Hall–Kier alpha value is -1.77. The molecule has 2 atom stereocenters. The van der Waals surface area contributed by atoms with Crippen LogP contribution in [0, 0.1) is 5.92 Å². The monoisotopic (exact) mass is 405 g/mol. The van der Waals surface area contributed by atoms with Gasteiger partial charge >= 0.3 is 6.18 Å². The molecule has 0 saturated carbocycles. The lowest BCUT2D eigenvalue weighted by atomic mass is 9.98. The van der Waals surface area contributed by atoms with Gasteiger partial charge in [0.15, 0.2) is 5.96 Å². The Bertz CT molecular complexity index is 615. The minimum Gasteiger partial charge on any atom is -0.374 e. The van der Waals surface area contributed by atoms with Crippen LogP contribution in [-0.2, 0) is 12.6 Å². The third kappa shape index (κ3) is 7.00. The Kier molecular flexibility index (Phi) is 9.26. The van der Waals surface area contributed by atoms with Crippen LogP contribution < -0.4 is 10.6 Å². The molecule has 0 aliphatic heterocycles. The first-order valence-corrected chi connectivity index (χ1v) is 9.83. The number of guanidine groups is 1. The Morgan fingerprint density at radius 3 is 2.46 bits per heavy atom. The number of rotatable bonds is 10. The molecular formula is C19H34F3N5O. The maximum Gasteiger partial charge on any atom is 0.424 e. The molecule has 3 N–H and O–H groups in total. The van der Waals surface area contributed by atoms with Gasteiger partial charge in [0.05, 0.1) is 0 Å². The van der Waals surface area contributed by atoms with Gasteiger partial charge in [-0.3, -0.25) is 4.99 Å². The molecule has 0 spiro atoms. The quantitative estimate of drug-likeness (QED) is 0.412. The van der Waals surface area contributed by atoms with Gasteiger partial charge in [0.25, 0.3) is 0 Å². The molecule has 2 unspecified atom stereocenters. The summed E-state index contributed by atoms with van der Waals surface area (Å²) in [5.41, 5.74) is -3.05. The van der Waals surface area contributed by atoms with Crippen molar-refractivity contribution >= 4 is 5.96 Å². The van der Waals surface area contributed by atoms with Crippen LogP contribution in [0.1, 0.15) is 59.2 Å². The molecule has 0 radical (unpaired) electrons. The van der Waals surface area contributed by atoms with Gasteiger partial charge in [-0.1, -0.05) is 26.7 Å². The van der Waals surface area contributed by atoms with Crippen LogP contribution in [0.25, 0.3) is 0 Å². The molecule has 0 saturated heterocycles. The molecule has 0 amide bonds. The van der Waals surface area contributed by atoms with E-state index in [2.05, 4.69) is 34.5 Å². The number of aromatic nitrogens is 2. The predicted molar refractivity (Wildman–Crippen MR) is 105 cm³/mol. The Morgan fingerprint density at radius 2 is 1.96 bits per heavy atom. The molecule has 1 rings (SSSR count). The lowest BCUT2D eigenvalue weighted by Gasteiger charge is -2.29. The normalized spacial score (nSPS) is 16.1. The zero-order valence-corrected chi connectivity index (χ0v) is 17.5. The SMILES string of the molecule is CCNC(=NCCC(O)(c1nccn1C)C(F)(F)F)NC(C)CCCC(C)C.